The molecule has 1 aliphatic carbocycles. The Balaban J connectivity index is 1.96. The summed E-state index contributed by atoms with van der Waals surface area (Å²) in [7, 11) is 6.06. The van der Waals surface area contributed by atoms with Crippen molar-refractivity contribution in [3.63, 3.8) is 0 Å². The third-order valence-corrected chi connectivity index (χ3v) is 7.35. The average Bonchev–Trinajstić information content (AvgIpc) is 2.69. The summed E-state index contributed by atoms with van der Waals surface area (Å²) in [5, 5.41) is 0. The Morgan fingerprint density at radius 3 is 2.13 bits per heavy atom. The fraction of sp³-hybridized carbons (Fsp3) is 0.778. The summed E-state index contributed by atoms with van der Waals surface area (Å²) in [6, 6.07) is 4.78. The van der Waals surface area contributed by atoms with Gasteiger partial charge in [0, 0.05) is 52.0 Å². The predicted octanol–water partition coefficient (Wildman–Crippen LogP) is 6.00. The maximum absolute atomic E-state index is 5.86. The van der Waals surface area contributed by atoms with Gasteiger partial charge in [0.25, 0.3) is 0 Å². The van der Waals surface area contributed by atoms with Crippen molar-refractivity contribution in [2.75, 3.05) is 63.7 Å². The molecule has 2 fully saturated rings. The molecule has 0 atom stereocenters. The normalized spacial score (nSPS) is 21.9. The number of ether oxygens (including phenoxy) is 1. The molecule has 1 saturated heterocycles. The summed E-state index contributed by atoms with van der Waals surface area (Å²) >= 11 is 0. The number of benzene rings is 1. The van der Waals surface area contributed by atoms with Gasteiger partial charge in [-0.2, -0.15) is 0 Å². The number of hydrogen-bond acceptors (Lipinski definition) is 4. The van der Waals surface area contributed by atoms with Gasteiger partial charge in [-0.1, -0.05) is 41.0 Å². The van der Waals surface area contributed by atoms with Gasteiger partial charge in [0.05, 0.1) is 12.8 Å². The number of piperazine rings is 1. The van der Waals surface area contributed by atoms with Crippen molar-refractivity contribution in [2.45, 2.75) is 72.6 Å². The highest BCUT2D eigenvalue weighted by molar-refractivity contribution is 5.70. The van der Waals surface area contributed by atoms with Crippen LogP contribution in [0, 0.1) is 10.8 Å². The van der Waals surface area contributed by atoms with Crippen molar-refractivity contribution >= 4 is 11.4 Å². The molecule has 0 N–H and O–H groups in total. The Morgan fingerprint density at radius 2 is 1.61 bits per heavy atom. The van der Waals surface area contributed by atoms with E-state index in [1.807, 2.05) is 0 Å². The van der Waals surface area contributed by atoms with Gasteiger partial charge in [0.15, 0.2) is 0 Å². The van der Waals surface area contributed by atoms with Crippen molar-refractivity contribution in [3.8, 4) is 5.75 Å². The van der Waals surface area contributed by atoms with Crippen molar-refractivity contribution in [3.05, 3.63) is 17.7 Å². The lowest BCUT2D eigenvalue weighted by Gasteiger charge is -2.46. The molecule has 0 radical (unpaired) electrons. The second-order valence-electron chi connectivity index (χ2n) is 11.8. The average molecular weight is 430 g/mol. The quantitative estimate of drug-likeness (QED) is 0.529. The Hall–Kier alpha value is -1.42. The monoisotopic (exact) mass is 429 g/mol. The van der Waals surface area contributed by atoms with Gasteiger partial charge in [-0.25, -0.2) is 0 Å². The van der Waals surface area contributed by atoms with E-state index in [1.54, 1.807) is 7.11 Å². The summed E-state index contributed by atoms with van der Waals surface area (Å²) in [5.41, 5.74) is 4.90. The molecule has 0 amide bonds. The molecular weight excluding hydrogens is 382 g/mol. The predicted molar refractivity (Wildman–Crippen MR) is 135 cm³/mol. The van der Waals surface area contributed by atoms with E-state index in [4.69, 9.17) is 4.74 Å². The second kappa shape index (κ2) is 9.60. The molecule has 2 aliphatic rings. The molecule has 4 heteroatoms. The number of nitrogens with zero attached hydrogens (tertiary/aromatic N) is 3. The summed E-state index contributed by atoms with van der Waals surface area (Å²) in [6.45, 7) is 17.9. The number of hydrogen-bond donors (Lipinski definition) is 0. The summed E-state index contributed by atoms with van der Waals surface area (Å²) in [4.78, 5) is 7.47. The zero-order valence-corrected chi connectivity index (χ0v) is 21.6. The SMILES string of the molecule is CCCCN1CCN(c2cc(OC)c(N(C)C)cc2C2CC(C)(C)CC(C)(C)C2)CC1. The van der Waals surface area contributed by atoms with Crippen LogP contribution in [0.2, 0.25) is 0 Å². The van der Waals surface area contributed by atoms with Crippen LogP contribution in [0.3, 0.4) is 0 Å². The first-order valence-electron chi connectivity index (χ1n) is 12.4. The van der Waals surface area contributed by atoms with E-state index < -0.39 is 0 Å². The van der Waals surface area contributed by atoms with Gasteiger partial charge >= 0.3 is 0 Å². The molecule has 1 heterocycles. The topological polar surface area (TPSA) is 19.0 Å². The highest BCUT2D eigenvalue weighted by atomic mass is 16.5. The van der Waals surface area contributed by atoms with E-state index in [9.17, 15) is 0 Å². The van der Waals surface area contributed by atoms with Crippen LogP contribution in [0.4, 0.5) is 11.4 Å². The maximum Gasteiger partial charge on any atom is 0.144 e. The van der Waals surface area contributed by atoms with E-state index in [0.717, 1.165) is 18.8 Å². The number of unbranched alkanes of at least 4 members (excludes halogenated alkanes) is 1. The molecule has 0 spiro atoms. The molecule has 3 rings (SSSR count). The first kappa shape index (κ1) is 24.2. The molecule has 1 saturated carbocycles. The Morgan fingerprint density at radius 1 is 1.00 bits per heavy atom. The number of methoxy groups -OCH3 is 1. The molecular formula is C27H47N3O. The first-order chi connectivity index (χ1) is 14.5. The minimum absolute atomic E-state index is 0.376. The van der Waals surface area contributed by atoms with Crippen LogP contribution < -0.4 is 14.5 Å². The molecule has 1 aliphatic heterocycles. The maximum atomic E-state index is 5.86. The lowest BCUT2D eigenvalue weighted by Crippen LogP contribution is -2.47. The van der Waals surface area contributed by atoms with Crippen LogP contribution in [0.25, 0.3) is 0 Å². The van der Waals surface area contributed by atoms with Crippen LogP contribution in [-0.2, 0) is 0 Å². The summed E-state index contributed by atoms with van der Waals surface area (Å²) in [5.74, 6) is 1.59. The minimum Gasteiger partial charge on any atom is -0.495 e. The zero-order chi connectivity index (χ0) is 22.8. The highest BCUT2D eigenvalue weighted by Gasteiger charge is 2.40. The van der Waals surface area contributed by atoms with E-state index >= 15 is 0 Å². The van der Waals surface area contributed by atoms with Crippen LogP contribution in [0.1, 0.15) is 78.2 Å². The van der Waals surface area contributed by atoms with Gasteiger partial charge in [-0.05, 0) is 60.6 Å². The van der Waals surface area contributed by atoms with E-state index in [2.05, 4.69) is 75.5 Å². The van der Waals surface area contributed by atoms with Gasteiger partial charge in [0.2, 0.25) is 0 Å². The standard InChI is InChI=1S/C27H47N3O/c1-9-10-11-29-12-14-30(15-13-29)23-17-25(31-8)24(28(6)7)16-22(23)21-18-26(2,3)20-27(4,5)19-21/h16-17,21H,9-15,18-20H2,1-8H3. The molecule has 0 unspecified atom stereocenters. The van der Waals surface area contributed by atoms with Gasteiger partial charge in [-0.15, -0.1) is 0 Å². The minimum atomic E-state index is 0.376. The van der Waals surface area contributed by atoms with E-state index in [0.29, 0.717) is 16.7 Å². The second-order valence-corrected chi connectivity index (χ2v) is 11.8. The molecule has 1 aromatic carbocycles. The molecule has 0 bridgehead atoms. The van der Waals surface area contributed by atoms with Crippen LogP contribution in [0.5, 0.6) is 5.75 Å². The van der Waals surface area contributed by atoms with Crippen molar-refractivity contribution < 1.29 is 4.74 Å². The molecule has 4 nitrogen and oxygen atoms in total. The van der Waals surface area contributed by atoms with E-state index in [-0.39, 0.29) is 0 Å². The van der Waals surface area contributed by atoms with Crippen LogP contribution >= 0.6 is 0 Å². The lowest BCUT2D eigenvalue weighted by atomic mass is 9.60. The summed E-state index contributed by atoms with van der Waals surface area (Å²) < 4.78 is 5.86. The van der Waals surface area contributed by atoms with Gasteiger partial charge < -0.3 is 14.5 Å². The first-order valence-corrected chi connectivity index (χ1v) is 12.4. The zero-order valence-electron chi connectivity index (χ0n) is 21.6. The van der Waals surface area contributed by atoms with Crippen molar-refractivity contribution in [1.29, 1.82) is 0 Å². The van der Waals surface area contributed by atoms with Gasteiger partial charge in [0.1, 0.15) is 5.75 Å². The van der Waals surface area contributed by atoms with Crippen molar-refractivity contribution in [1.82, 2.24) is 4.90 Å². The number of anilines is 2. The molecule has 176 valence electrons. The van der Waals surface area contributed by atoms with E-state index in [1.165, 1.54) is 68.7 Å². The molecule has 31 heavy (non-hydrogen) atoms. The van der Waals surface area contributed by atoms with Crippen LogP contribution in [0.15, 0.2) is 12.1 Å². The molecule has 1 aromatic rings. The van der Waals surface area contributed by atoms with Crippen LogP contribution in [-0.4, -0.2) is 58.8 Å². The fourth-order valence-electron chi connectivity index (χ4n) is 6.35. The van der Waals surface area contributed by atoms with Crippen molar-refractivity contribution in [2.24, 2.45) is 10.8 Å². The smallest absolute Gasteiger partial charge is 0.144 e. The highest BCUT2D eigenvalue weighted by Crippen LogP contribution is 2.54. The summed E-state index contributed by atoms with van der Waals surface area (Å²) in [6.07, 6.45) is 6.42. The largest absolute Gasteiger partial charge is 0.495 e. The fourth-order valence-corrected chi connectivity index (χ4v) is 6.35. The lowest BCUT2D eigenvalue weighted by molar-refractivity contribution is 0.0970. The Kier molecular flexibility index (Phi) is 7.50. The Bertz CT molecular complexity index is 716. The van der Waals surface area contributed by atoms with Gasteiger partial charge in [-0.3, -0.25) is 4.90 Å². The third-order valence-electron chi connectivity index (χ3n) is 7.35. The number of rotatable bonds is 7. The Labute approximate surface area is 191 Å². The third kappa shape index (κ3) is 5.88. The molecule has 0 aromatic heterocycles.